The van der Waals surface area contributed by atoms with Crippen LogP contribution in [0.15, 0.2) is 114 Å². The van der Waals surface area contributed by atoms with Gasteiger partial charge in [0.25, 0.3) is 11.8 Å². The topological polar surface area (TPSA) is 84.5 Å². The first kappa shape index (κ1) is 27.4. The summed E-state index contributed by atoms with van der Waals surface area (Å²) in [6.45, 7) is 1.96. The van der Waals surface area contributed by atoms with E-state index in [-0.39, 0.29) is 23.1 Å². The Bertz CT molecular complexity index is 1500. The van der Waals surface area contributed by atoms with Crippen molar-refractivity contribution in [2.24, 2.45) is 0 Å². The zero-order chi connectivity index (χ0) is 27.6. The van der Waals surface area contributed by atoms with E-state index in [2.05, 4.69) is 10.6 Å². The minimum absolute atomic E-state index is 0.00337. The molecule has 0 aliphatic carbocycles. The van der Waals surface area contributed by atoms with Gasteiger partial charge < -0.3 is 15.4 Å². The highest BCUT2D eigenvalue weighted by atomic mass is 32.2. The molecule has 0 saturated heterocycles. The van der Waals surface area contributed by atoms with E-state index >= 15 is 0 Å². The lowest BCUT2D eigenvalue weighted by Gasteiger charge is -2.12. The highest BCUT2D eigenvalue weighted by molar-refractivity contribution is 8.00. The fourth-order valence-corrected chi connectivity index (χ4v) is 4.52. The molecule has 7 heteroatoms. The van der Waals surface area contributed by atoms with Crippen molar-refractivity contribution in [1.82, 2.24) is 5.32 Å². The Morgan fingerprint density at radius 2 is 1.54 bits per heavy atom. The number of ketones is 1. The van der Waals surface area contributed by atoms with Crippen molar-refractivity contribution < 1.29 is 19.1 Å². The van der Waals surface area contributed by atoms with E-state index in [1.807, 2.05) is 49.4 Å². The van der Waals surface area contributed by atoms with Gasteiger partial charge in [0.15, 0.2) is 5.78 Å². The van der Waals surface area contributed by atoms with Crippen molar-refractivity contribution in [3.8, 4) is 5.75 Å². The van der Waals surface area contributed by atoms with Gasteiger partial charge in [0.1, 0.15) is 11.4 Å². The molecule has 0 aromatic heterocycles. The number of carbonyl (C=O) groups excluding carboxylic acids is 3. The Morgan fingerprint density at radius 3 is 2.26 bits per heavy atom. The van der Waals surface area contributed by atoms with Crippen LogP contribution in [0.4, 0.5) is 5.69 Å². The quantitative estimate of drug-likeness (QED) is 0.139. The molecule has 0 atom stereocenters. The van der Waals surface area contributed by atoms with Crippen molar-refractivity contribution in [3.05, 3.63) is 131 Å². The number of carbonyl (C=O) groups is 3. The molecule has 0 fully saturated rings. The average molecular weight is 537 g/mol. The third-order valence-corrected chi connectivity index (χ3v) is 6.77. The molecule has 0 bridgehead atoms. The fraction of sp³-hybridized carbons (Fsp3) is 0.0938. The number of thioether (sulfide) groups is 1. The third-order valence-electron chi connectivity index (χ3n) is 5.76. The Morgan fingerprint density at radius 1 is 0.821 bits per heavy atom. The van der Waals surface area contributed by atoms with Gasteiger partial charge in [-0.3, -0.25) is 14.4 Å². The summed E-state index contributed by atoms with van der Waals surface area (Å²) in [4.78, 5) is 39.5. The van der Waals surface area contributed by atoms with Crippen molar-refractivity contribution in [2.75, 3.05) is 18.2 Å². The SMILES string of the molecule is COc1cccc(C(=O)CSc2ccc(NC(=O)/C(=C/c3cccc(C)c3)NC(=O)c3ccccc3)cc2)c1. The highest BCUT2D eigenvalue weighted by Crippen LogP contribution is 2.23. The number of Topliss-reactive ketones (excluding diaryl/α,β-unsaturated/α-hetero) is 1. The van der Waals surface area contributed by atoms with Crippen molar-refractivity contribution >= 4 is 41.1 Å². The molecule has 39 heavy (non-hydrogen) atoms. The average Bonchev–Trinajstić information content (AvgIpc) is 2.96. The van der Waals surface area contributed by atoms with Crippen molar-refractivity contribution in [1.29, 1.82) is 0 Å². The van der Waals surface area contributed by atoms with Crippen LogP contribution in [0.3, 0.4) is 0 Å². The molecule has 2 N–H and O–H groups in total. The number of rotatable bonds is 10. The first-order valence-corrected chi connectivity index (χ1v) is 13.3. The van der Waals surface area contributed by atoms with E-state index in [1.54, 1.807) is 73.8 Å². The molecule has 0 radical (unpaired) electrons. The second-order valence-electron chi connectivity index (χ2n) is 8.71. The molecule has 0 aliphatic heterocycles. The lowest BCUT2D eigenvalue weighted by atomic mass is 10.1. The van der Waals surface area contributed by atoms with Crippen LogP contribution in [0.5, 0.6) is 5.75 Å². The largest absolute Gasteiger partial charge is 0.497 e. The Balaban J connectivity index is 1.43. The molecular weight excluding hydrogens is 508 g/mol. The number of methoxy groups -OCH3 is 1. The van der Waals surface area contributed by atoms with E-state index in [0.717, 1.165) is 16.0 Å². The maximum Gasteiger partial charge on any atom is 0.272 e. The summed E-state index contributed by atoms with van der Waals surface area (Å²) in [7, 11) is 1.57. The minimum Gasteiger partial charge on any atom is -0.497 e. The molecule has 0 aliphatic rings. The molecule has 6 nitrogen and oxygen atoms in total. The van der Waals surface area contributed by atoms with Gasteiger partial charge in [0.05, 0.1) is 12.9 Å². The first-order chi connectivity index (χ1) is 18.9. The van der Waals surface area contributed by atoms with Crippen LogP contribution in [-0.4, -0.2) is 30.5 Å². The second kappa shape index (κ2) is 13.3. The molecule has 4 rings (SSSR count). The van der Waals surface area contributed by atoms with Gasteiger partial charge in [0.2, 0.25) is 0 Å². The summed E-state index contributed by atoms with van der Waals surface area (Å²) in [6.07, 6.45) is 1.65. The van der Waals surface area contributed by atoms with E-state index in [9.17, 15) is 14.4 Å². The maximum absolute atomic E-state index is 13.2. The van der Waals surface area contributed by atoms with Gasteiger partial charge in [-0.1, -0.05) is 60.2 Å². The molecule has 4 aromatic carbocycles. The monoisotopic (exact) mass is 536 g/mol. The zero-order valence-corrected chi connectivity index (χ0v) is 22.5. The zero-order valence-electron chi connectivity index (χ0n) is 21.6. The molecule has 2 amide bonds. The van der Waals surface area contributed by atoms with Gasteiger partial charge in [-0.15, -0.1) is 11.8 Å². The van der Waals surface area contributed by atoms with Crippen LogP contribution in [-0.2, 0) is 4.79 Å². The van der Waals surface area contributed by atoms with Crippen molar-refractivity contribution in [2.45, 2.75) is 11.8 Å². The Labute approximate surface area is 232 Å². The van der Waals surface area contributed by atoms with Crippen LogP contribution in [0.25, 0.3) is 6.08 Å². The van der Waals surface area contributed by atoms with Gasteiger partial charge in [-0.05, 0) is 67.1 Å². The van der Waals surface area contributed by atoms with Crippen LogP contribution >= 0.6 is 11.8 Å². The molecular formula is C32H28N2O4S. The summed E-state index contributed by atoms with van der Waals surface area (Å²) < 4.78 is 5.19. The summed E-state index contributed by atoms with van der Waals surface area (Å²) in [5, 5.41) is 5.60. The molecule has 0 unspecified atom stereocenters. The number of hydrogen-bond donors (Lipinski definition) is 2. The molecule has 4 aromatic rings. The molecule has 0 heterocycles. The maximum atomic E-state index is 13.2. The number of nitrogens with one attached hydrogen (secondary N) is 2. The summed E-state index contributed by atoms with van der Waals surface area (Å²) in [6, 6.07) is 30.7. The Hall–Kier alpha value is -4.62. The number of ether oxygens (including phenoxy) is 1. The molecule has 0 spiro atoms. The first-order valence-electron chi connectivity index (χ1n) is 12.3. The number of aryl methyl sites for hydroxylation is 1. The van der Waals surface area contributed by atoms with Crippen molar-refractivity contribution in [3.63, 3.8) is 0 Å². The van der Waals surface area contributed by atoms with Crippen LogP contribution < -0.4 is 15.4 Å². The van der Waals surface area contributed by atoms with E-state index in [0.29, 0.717) is 22.6 Å². The van der Waals surface area contributed by atoms with Crippen LogP contribution in [0.2, 0.25) is 0 Å². The summed E-state index contributed by atoms with van der Waals surface area (Å²) in [5.41, 5.74) is 3.56. The number of hydrogen-bond acceptors (Lipinski definition) is 5. The lowest BCUT2D eigenvalue weighted by molar-refractivity contribution is -0.113. The smallest absolute Gasteiger partial charge is 0.272 e. The summed E-state index contributed by atoms with van der Waals surface area (Å²) >= 11 is 1.41. The van der Waals surface area contributed by atoms with Crippen LogP contribution in [0.1, 0.15) is 31.8 Å². The predicted molar refractivity (Wildman–Crippen MR) is 156 cm³/mol. The minimum atomic E-state index is -0.450. The van der Waals surface area contributed by atoms with E-state index < -0.39 is 5.91 Å². The predicted octanol–water partition coefficient (Wildman–Crippen LogP) is 6.39. The van der Waals surface area contributed by atoms with Crippen LogP contribution in [0, 0.1) is 6.92 Å². The Kier molecular flexibility index (Phi) is 9.32. The van der Waals surface area contributed by atoms with Gasteiger partial charge in [-0.25, -0.2) is 0 Å². The standard InChI is InChI=1S/C32H28N2O4S/c1-22-8-6-9-23(18-22)19-29(34-31(36)24-10-4-3-5-11-24)32(37)33-26-14-16-28(17-15-26)39-21-30(35)25-12-7-13-27(20-25)38-2/h3-20H,21H2,1-2H3,(H,33,37)(H,34,36)/b29-19-. The lowest BCUT2D eigenvalue weighted by Crippen LogP contribution is -2.30. The number of benzene rings is 4. The van der Waals surface area contributed by atoms with E-state index in [4.69, 9.17) is 4.74 Å². The van der Waals surface area contributed by atoms with E-state index in [1.165, 1.54) is 11.8 Å². The third kappa shape index (κ3) is 7.93. The number of anilines is 1. The molecule has 0 saturated carbocycles. The van der Waals surface area contributed by atoms with Gasteiger partial charge in [0, 0.05) is 21.7 Å². The number of amides is 2. The van der Waals surface area contributed by atoms with Gasteiger partial charge >= 0.3 is 0 Å². The highest BCUT2D eigenvalue weighted by Gasteiger charge is 2.15. The summed E-state index contributed by atoms with van der Waals surface area (Å²) in [5.74, 6) is 0.0814. The fourth-order valence-electron chi connectivity index (χ4n) is 3.73. The normalized spacial score (nSPS) is 11.0. The second-order valence-corrected chi connectivity index (χ2v) is 9.76. The molecule has 196 valence electrons. The van der Waals surface area contributed by atoms with Gasteiger partial charge in [-0.2, -0.15) is 0 Å².